The third kappa shape index (κ3) is 2.76. The SMILES string of the molecule is C[C@]12CC[C@H]3[C@@H](CCC4=CC(=O)CC[C@@]43C)[C@@H]1CC[C@@H]2OC(=O)C(Cl)Cl. The van der Waals surface area contributed by atoms with E-state index in [9.17, 15) is 9.59 Å². The predicted molar refractivity (Wildman–Crippen MR) is 102 cm³/mol. The van der Waals surface area contributed by atoms with Crippen LogP contribution in [0.3, 0.4) is 0 Å². The smallest absolute Gasteiger partial charge is 0.339 e. The van der Waals surface area contributed by atoms with Gasteiger partial charge in [-0.15, -0.1) is 0 Å². The Hall–Kier alpha value is -0.540. The van der Waals surface area contributed by atoms with E-state index in [0.29, 0.717) is 30.0 Å². The zero-order valence-corrected chi connectivity index (χ0v) is 17.1. The molecule has 0 bridgehead atoms. The first-order valence-corrected chi connectivity index (χ1v) is 10.9. The highest BCUT2D eigenvalue weighted by Gasteiger charge is 2.60. The number of hydrogen-bond acceptors (Lipinski definition) is 3. The summed E-state index contributed by atoms with van der Waals surface area (Å²) in [7, 11) is 0. The second kappa shape index (κ2) is 6.51. The Morgan fingerprint density at radius 3 is 2.62 bits per heavy atom. The number of alkyl halides is 2. The van der Waals surface area contributed by atoms with Crippen molar-refractivity contribution >= 4 is 35.0 Å². The lowest BCUT2D eigenvalue weighted by molar-refractivity contribution is -0.157. The van der Waals surface area contributed by atoms with E-state index in [2.05, 4.69) is 13.8 Å². The molecule has 0 spiro atoms. The number of rotatable bonds is 2. The first-order chi connectivity index (χ1) is 12.3. The number of ether oxygens (including phenoxy) is 1. The van der Waals surface area contributed by atoms with Crippen molar-refractivity contribution in [2.45, 2.75) is 76.2 Å². The Labute approximate surface area is 165 Å². The molecule has 144 valence electrons. The molecule has 5 heteroatoms. The Morgan fingerprint density at radius 1 is 1.12 bits per heavy atom. The minimum atomic E-state index is -1.10. The number of carbonyl (C=O) groups excluding carboxylic acids is 2. The Morgan fingerprint density at radius 2 is 1.88 bits per heavy atom. The number of esters is 1. The summed E-state index contributed by atoms with van der Waals surface area (Å²) in [6.45, 7) is 4.69. The highest BCUT2D eigenvalue weighted by atomic mass is 35.5. The highest BCUT2D eigenvalue weighted by molar-refractivity contribution is 6.52. The van der Waals surface area contributed by atoms with Crippen LogP contribution in [0.15, 0.2) is 11.6 Å². The van der Waals surface area contributed by atoms with Crippen LogP contribution in [-0.4, -0.2) is 22.7 Å². The maximum Gasteiger partial charge on any atom is 0.339 e. The van der Waals surface area contributed by atoms with Gasteiger partial charge in [0.1, 0.15) is 6.10 Å². The molecule has 0 aromatic heterocycles. The number of hydrogen-bond donors (Lipinski definition) is 0. The normalized spacial score (nSPS) is 44.8. The second-order valence-electron chi connectivity index (χ2n) is 9.32. The zero-order valence-electron chi connectivity index (χ0n) is 15.6. The summed E-state index contributed by atoms with van der Waals surface area (Å²) >= 11 is 11.4. The average Bonchev–Trinajstić information content (AvgIpc) is 2.92. The third-order valence-electron chi connectivity index (χ3n) is 8.31. The van der Waals surface area contributed by atoms with Crippen LogP contribution in [0, 0.1) is 28.6 Å². The van der Waals surface area contributed by atoms with Gasteiger partial charge in [-0.3, -0.25) is 4.79 Å². The molecule has 26 heavy (non-hydrogen) atoms. The monoisotopic (exact) mass is 398 g/mol. The van der Waals surface area contributed by atoms with E-state index in [4.69, 9.17) is 27.9 Å². The van der Waals surface area contributed by atoms with E-state index in [-0.39, 0.29) is 16.9 Å². The summed E-state index contributed by atoms with van der Waals surface area (Å²) in [5.74, 6) is 1.70. The fourth-order valence-electron chi connectivity index (χ4n) is 6.90. The van der Waals surface area contributed by atoms with E-state index in [1.165, 1.54) is 5.57 Å². The summed E-state index contributed by atoms with van der Waals surface area (Å²) in [5.41, 5.74) is 1.61. The standard InChI is InChI=1S/C21H28Cl2O3/c1-20-9-7-13(24)11-12(20)3-4-14-15-5-6-17(26-19(25)18(22)23)21(15,2)10-8-16(14)20/h11,14-18H,3-10H2,1-2H3/t14-,15-,16-,17-,20-,21-/m0/s1. The number of ketones is 1. The maximum atomic E-state index is 11.9. The molecule has 4 rings (SSSR count). The molecule has 0 radical (unpaired) electrons. The van der Waals surface area contributed by atoms with Crippen LogP contribution in [0.2, 0.25) is 0 Å². The Bertz CT molecular complexity index is 658. The molecule has 0 saturated heterocycles. The lowest BCUT2D eigenvalue weighted by atomic mass is 9.47. The fraction of sp³-hybridized carbons (Fsp3) is 0.810. The highest BCUT2D eigenvalue weighted by Crippen LogP contribution is 2.65. The summed E-state index contributed by atoms with van der Waals surface area (Å²) in [4.78, 5) is 22.7. The number of halogens is 2. The molecule has 3 fully saturated rings. The van der Waals surface area contributed by atoms with Crippen molar-refractivity contribution in [3.05, 3.63) is 11.6 Å². The van der Waals surface area contributed by atoms with Gasteiger partial charge < -0.3 is 4.74 Å². The molecule has 0 amide bonds. The number of allylic oxidation sites excluding steroid dienone is 1. The van der Waals surface area contributed by atoms with Gasteiger partial charge in [0.05, 0.1) is 0 Å². The van der Waals surface area contributed by atoms with Gasteiger partial charge in [-0.25, -0.2) is 4.79 Å². The van der Waals surface area contributed by atoms with Crippen molar-refractivity contribution in [1.82, 2.24) is 0 Å². The van der Waals surface area contributed by atoms with Gasteiger partial charge in [0, 0.05) is 11.8 Å². The molecule has 0 aromatic carbocycles. The first kappa shape index (κ1) is 18.8. The van der Waals surface area contributed by atoms with E-state index in [1.54, 1.807) is 0 Å². The van der Waals surface area contributed by atoms with Crippen LogP contribution in [0.5, 0.6) is 0 Å². The molecule has 0 aliphatic heterocycles. The Kier molecular flexibility index (Phi) is 4.71. The van der Waals surface area contributed by atoms with Gasteiger partial charge in [-0.05, 0) is 74.2 Å². The molecule has 3 saturated carbocycles. The quantitative estimate of drug-likeness (QED) is 0.472. The third-order valence-corrected chi connectivity index (χ3v) is 8.67. The van der Waals surface area contributed by atoms with Crippen molar-refractivity contribution in [3.8, 4) is 0 Å². The average molecular weight is 399 g/mol. The molecule has 0 N–H and O–H groups in total. The van der Waals surface area contributed by atoms with Crippen molar-refractivity contribution in [3.63, 3.8) is 0 Å². The van der Waals surface area contributed by atoms with Gasteiger partial charge in [0.25, 0.3) is 0 Å². The first-order valence-electron chi connectivity index (χ1n) is 9.98. The van der Waals surface area contributed by atoms with Crippen LogP contribution in [0.4, 0.5) is 0 Å². The summed E-state index contributed by atoms with van der Waals surface area (Å²) in [5, 5.41) is 0. The summed E-state index contributed by atoms with van der Waals surface area (Å²) < 4.78 is 5.71. The molecular weight excluding hydrogens is 371 g/mol. The van der Waals surface area contributed by atoms with E-state index in [0.717, 1.165) is 44.9 Å². The molecule has 0 unspecified atom stereocenters. The molecular formula is C21H28Cl2O3. The molecule has 4 aliphatic carbocycles. The van der Waals surface area contributed by atoms with Gasteiger partial charge in [0.15, 0.2) is 5.78 Å². The van der Waals surface area contributed by atoms with Gasteiger partial charge in [-0.1, -0.05) is 42.6 Å². The lowest BCUT2D eigenvalue weighted by Crippen LogP contribution is -2.51. The van der Waals surface area contributed by atoms with Crippen molar-refractivity contribution in [1.29, 1.82) is 0 Å². The molecule has 4 aliphatic rings. The van der Waals surface area contributed by atoms with Crippen molar-refractivity contribution < 1.29 is 14.3 Å². The van der Waals surface area contributed by atoms with Crippen LogP contribution in [-0.2, 0) is 14.3 Å². The van der Waals surface area contributed by atoms with Crippen LogP contribution < -0.4 is 0 Å². The fourth-order valence-corrected chi connectivity index (χ4v) is 7.00. The van der Waals surface area contributed by atoms with Gasteiger partial charge >= 0.3 is 5.97 Å². The van der Waals surface area contributed by atoms with E-state index < -0.39 is 10.8 Å². The topological polar surface area (TPSA) is 43.4 Å². The Balaban J connectivity index is 1.57. The van der Waals surface area contributed by atoms with Crippen molar-refractivity contribution in [2.75, 3.05) is 0 Å². The minimum absolute atomic E-state index is 0.0293. The molecule has 3 nitrogen and oxygen atoms in total. The second-order valence-corrected chi connectivity index (χ2v) is 10.4. The molecule has 0 aromatic rings. The van der Waals surface area contributed by atoms with Crippen LogP contribution >= 0.6 is 23.2 Å². The van der Waals surface area contributed by atoms with Crippen LogP contribution in [0.25, 0.3) is 0 Å². The molecule has 6 atom stereocenters. The van der Waals surface area contributed by atoms with Crippen LogP contribution in [0.1, 0.15) is 65.2 Å². The largest absolute Gasteiger partial charge is 0.460 e. The van der Waals surface area contributed by atoms with Gasteiger partial charge in [-0.2, -0.15) is 0 Å². The summed E-state index contributed by atoms with van der Waals surface area (Å²) in [6, 6.07) is 0. The van der Waals surface area contributed by atoms with Gasteiger partial charge in [0.2, 0.25) is 4.84 Å². The summed E-state index contributed by atoms with van der Waals surface area (Å²) in [6.07, 6.45) is 10.0. The molecule has 0 heterocycles. The minimum Gasteiger partial charge on any atom is -0.460 e. The predicted octanol–water partition coefficient (Wildman–Crippen LogP) is 5.23. The zero-order chi connectivity index (χ0) is 18.7. The number of carbonyl (C=O) groups is 2. The van der Waals surface area contributed by atoms with E-state index >= 15 is 0 Å². The maximum absolute atomic E-state index is 11.9. The lowest BCUT2D eigenvalue weighted by Gasteiger charge is -2.57. The number of fused-ring (bicyclic) bond motifs is 5. The van der Waals surface area contributed by atoms with E-state index in [1.807, 2.05) is 6.08 Å². The van der Waals surface area contributed by atoms with Crippen molar-refractivity contribution in [2.24, 2.45) is 28.6 Å².